The van der Waals surface area contributed by atoms with Crippen molar-refractivity contribution in [1.29, 1.82) is 0 Å². The monoisotopic (exact) mass is 382 g/mol. The van der Waals surface area contributed by atoms with Crippen molar-refractivity contribution in [2.24, 2.45) is 0 Å². The van der Waals surface area contributed by atoms with Crippen LogP contribution in [0.5, 0.6) is 11.5 Å². The fourth-order valence-corrected chi connectivity index (χ4v) is 2.22. The van der Waals surface area contributed by atoms with Gasteiger partial charge in [-0.2, -0.15) is 8.78 Å². The van der Waals surface area contributed by atoms with Gasteiger partial charge in [-0.1, -0.05) is 18.2 Å². The summed E-state index contributed by atoms with van der Waals surface area (Å²) in [6.07, 6.45) is -0.134. The lowest BCUT2D eigenvalue weighted by Crippen LogP contribution is -2.34. The van der Waals surface area contributed by atoms with E-state index in [1.165, 1.54) is 24.3 Å². The van der Waals surface area contributed by atoms with E-state index >= 15 is 0 Å². The van der Waals surface area contributed by atoms with Crippen LogP contribution in [0, 0.1) is 5.82 Å². The molecule has 2 N–H and O–H groups in total. The van der Waals surface area contributed by atoms with Crippen molar-refractivity contribution in [2.45, 2.75) is 39.7 Å². The number of ether oxygens (including phenoxy) is 2. The first-order valence-corrected chi connectivity index (χ1v) is 8.34. The van der Waals surface area contributed by atoms with Gasteiger partial charge < -0.3 is 20.1 Å². The van der Waals surface area contributed by atoms with E-state index in [1.54, 1.807) is 32.0 Å². The molecule has 0 aliphatic carbocycles. The molecule has 2 aromatic carbocycles. The number of amides is 2. The van der Waals surface area contributed by atoms with Crippen LogP contribution in [-0.2, 0) is 13.1 Å². The summed E-state index contributed by atoms with van der Waals surface area (Å²) in [6.45, 7) is 1.08. The highest BCUT2D eigenvalue weighted by molar-refractivity contribution is 5.73. The van der Waals surface area contributed by atoms with E-state index in [-0.39, 0.29) is 30.7 Å². The predicted molar refractivity (Wildman–Crippen MR) is 94.3 cm³/mol. The highest BCUT2D eigenvalue weighted by Crippen LogP contribution is 2.19. The van der Waals surface area contributed by atoms with Crippen LogP contribution >= 0.6 is 0 Å². The van der Waals surface area contributed by atoms with Gasteiger partial charge in [0, 0.05) is 13.1 Å². The van der Waals surface area contributed by atoms with E-state index in [0.717, 1.165) is 0 Å². The average Bonchev–Trinajstić information content (AvgIpc) is 2.60. The Labute approximate surface area is 155 Å². The van der Waals surface area contributed by atoms with E-state index in [1.807, 2.05) is 0 Å². The first kappa shape index (κ1) is 20.4. The summed E-state index contributed by atoms with van der Waals surface area (Å²) < 4.78 is 47.6. The first-order chi connectivity index (χ1) is 12.8. The van der Waals surface area contributed by atoms with Gasteiger partial charge in [-0.25, -0.2) is 9.18 Å². The van der Waals surface area contributed by atoms with E-state index in [4.69, 9.17) is 4.74 Å². The topological polar surface area (TPSA) is 59.6 Å². The molecule has 0 spiro atoms. The minimum atomic E-state index is -2.88. The highest BCUT2D eigenvalue weighted by Gasteiger charge is 2.08. The van der Waals surface area contributed by atoms with Crippen LogP contribution in [0.2, 0.25) is 0 Å². The van der Waals surface area contributed by atoms with Gasteiger partial charge in [0.1, 0.15) is 5.75 Å². The van der Waals surface area contributed by atoms with Crippen LogP contribution in [-0.4, -0.2) is 18.7 Å². The van der Waals surface area contributed by atoms with Crippen LogP contribution in [0.25, 0.3) is 0 Å². The quantitative estimate of drug-likeness (QED) is 0.719. The molecule has 0 bridgehead atoms. The maximum atomic E-state index is 13.9. The zero-order valence-electron chi connectivity index (χ0n) is 15.0. The number of alkyl halides is 2. The van der Waals surface area contributed by atoms with Crippen molar-refractivity contribution in [3.63, 3.8) is 0 Å². The lowest BCUT2D eigenvalue weighted by molar-refractivity contribution is -0.0498. The lowest BCUT2D eigenvalue weighted by atomic mass is 10.2. The van der Waals surface area contributed by atoms with Crippen molar-refractivity contribution >= 4 is 6.03 Å². The summed E-state index contributed by atoms with van der Waals surface area (Å²) >= 11 is 0. The number of carbonyl (C=O) groups excluding carboxylic acids is 1. The Kier molecular flexibility index (Phi) is 7.34. The standard InChI is InChI=1S/C19H21F3N2O3/c1-12(2)26-17-8-5-14(9-16(17)20)11-24-19(25)23-10-13-3-6-15(7-4-13)27-18(21)22/h3-9,12,18H,10-11H2,1-2H3,(H2,23,24,25). The number of hydrogen-bond acceptors (Lipinski definition) is 3. The Morgan fingerprint density at radius 1 is 0.963 bits per heavy atom. The summed E-state index contributed by atoms with van der Waals surface area (Å²) in [6, 6.07) is 9.98. The molecule has 8 heteroatoms. The number of nitrogens with one attached hydrogen (secondary N) is 2. The van der Waals surface area contributed by atoms with Gasteiger partial charge in [0.2, 0.25) is 0 Å². The SMILES string of the molecule is CC(C)Oc1ccc(CNC(=O)NCc2ccc(OC(F)F)cc2)cc1F. The summed E-state index contributed by atoms with van der Waals surface area (Å²) in [5, 5.41) is 5.24. The molecule has 146 valence electrons. The summed E-state index contributed by atoms with van der Waals surface area (Å²) in [5.41, 5.74) is 1.31. The molecule has 27 heavy (non-hydrogen) atoms. The van der Waals surface area contributed by atoms with E-state index in [0.29, 0.717) is 11.1 Å². The van der Waals surface area contributed by atoms with Crippen LogP contribution < -0.4 is 20.1 Å². The molecule has 2 rings (SSSR count). The summed E-state index contributed by atoms with van der Waals surface area (Å²) in [4.78, 5) is 11.8. The van der Waals surface area contributed by atoms with Gasteiger partial charge in [-0.15, -0.1) is 0 Å². The largest absolute Gasteiger partial charge is 0.488 e. The number of carbonyl (C=O) groups is 1. The van der Waals surface area contributed by atoms with Crippen LogP contribution in [0.15, 0.2) is 42.5 Å². The Morgan fingerprint density at radius 3 is 2.11 bits per heavy atom. The third-order valence-electron chi connectivity index (χ3n) is 3.41. The number of urea groups is 1. The molecule has 0 unspecified atom stereocenters. The average molecular weight is 382 g/mol. The molecule has 0 aliphatic heterocycles. The molecule has 2 aromatic rings. The zero-order valence-corrected chi connectivity index (χ0v) is 15.0. The van der Waals surface area contributed by atoms with Crippen LogP contribution in [0.3, 0.4) is 0 Å². The lowest BCUT2D eigenvalue weighted by Gasteiger charge is -2.12. The van der Waals surface area contributed by atoms with Gasteiger partial charge in [0.15, 0.2) is 11.6 Å². The van der Waals surface area contributed by atoms with Gasteiger partial charge in [-0.3, -0.25) is 0 Å². The van der Waals surface area contributed by atoms with Crippen molar-refractivity contribution in [1.82, 2.24) is 10.6 Å². The molecule has 0 saturated heterocycles. The van der Waals surface area contributed by atoms with Crippen molar-refractivity contribution in [2.75, 3.05) is 0 Å². The predicted octanol–water partition coefficient (Wildman–Crippen LogP) is 4.21. The van der Waals surface area contributed by atoms with Crippen molar-refractivity contribution in [3.8, 4) is 11.5 Å². The molecule has 5 nitrogen and oxygen atoms in total. The van der Waals surface area contributed by atoms with Crippen LogP contribution in [0.1, 0.15) is 25.0 Å². The second-order valence-corrected chi connectivity index (χ2v) is 5.99. The normalized spacial score (nSPS) is 10.8. The molecule has 0 aliphatic rings. The zero-order chi connectivity index (χ0) is 19.8. The minimum absolute atomic E-state index is 0.0464. The molecule has 0 heterocycles. The van der Waals surface area contributed by atoms with Crippen molar-refractivity contribution in [3.05, 3.63) is 59.4 Å². The number of halogens is 3. The molecular formula is C19H21F3N2O3. The van der Waals surface area contributed by atoms with Gasteiger partial charge >= 0.3 is 12.6 Å². The third-order valence-corrected chi connectivity index (χ3v) is 3.41. The van der Waals surface area contributed by atoms with E-state index in [9.17, 15) is 18.0 Å². The van der Waals surface area contributed by atoms with Gasteiger partial charge in [-0.05, 0) is 49.2 Å². The highest BCUT2D eigenvalue weighted by atomic mass is 19.3. The van der Waals surface area contributed by atoms with Gasteiger partial charge in [0.05, 0.1) is 6.10 Å². The van der Waals surface area contributed by atoms with Crippen molar-refractivity contribution < 1.29 is 27.4 Å². The van der Waals surface area contributed by atoms with Gasteiger partial charge in [0.25, 0.3) is 0 Å². The molecule has 0 saturated carbocycles. The molecule has 2 amide bonds. The van der Waals surface area contributed by atoms with E-state index < -0.39 is 18.5 Å². The molecule has 0 aromatic heterocycles. The number of rotatable bonds is 8. The number of hydrogen-bond donors (Lipinski definition) is 2. The van der Waals surface area contributed by atoms with Crippen LogP contribution in [0.4, 0.5) is 18.0 Å². The smallest absolute Gasteiger partial charge is 0.387 e. The maximum Gasteiger partial charge on any atom is 0.387 e. The third kappa shape index (κ3) is 7.08. The molecule has 0 fully saturated rings. The molecule has 0 radical (unpaired) electrons. The Hall–Kier alpha value is -2.90. The molecule has 0 atom stereocenters. The second kappa shape index (κ2) is 9.70. The maximum absolute atomic E-state index is 13.9. The minimum Gasteiger partial charge on any atom is -0.488 e. The first-order valence-electron chi connectivity index (χ1n) is 8.34. The summed E-state index contributed by atoms with van der Waals surface area (Å²) in [7, 11) is 0. The fraction of sp³-hybridized carbons (Fsp3) is 0.316. The van der Waals surface area contributed by atoms with E-state index in [2.05, 4.69) is 15.4 Å². The second-order valence-electron chi connectivity index (χ2n) is 5.99. The fourth-order valence-electron chi connectivity index (χ4n) is 2.22. The summed E-state index contributed by atoms with van der Waals surface area (Å²) in [5.74, 6) is -0.280. The Bertz CT molecular complexity index is 752. The Morgan fingerprint density at radius 2 is 1.56 bits per heavy atom. The molecular weight excluding hydrogens is 361 g/mol. The number of benzene rings is 2. The Balaban J connectivity index is 1.78.